The second kappa shape index (κ2) is 5.71. The van der Waals surface area contributed by atoms with Gasteiger partial charge in [-0.05, 0) is 51.2 Å². The Balaban J connectivity index is 2.04. The van der Waals surface area contributed by atoms with Crippen molar-refractivity contribution in [3.63, 3.8) is 0 Å². The van der Waals surface area contributed by atoms with Gasteiger partial charge in [-0.15, -0.1) is 0 Å². The topological polar surface area (TPSA) is 71.5 Å². The van der Waals surface area contributed by atoms with Gasteiger partial charge < -0.3 is 4.74 Å². The first-order chi connectivity index (χ1) is 9.78. The van der Waals surface area contributed by atoms with E-state index in [1.807, 2.05) is 6.07 Å². The minimum atomic E-state index is -0.657. The molecule has 1 aromatic heterocycles. The molecule has 0 spiro atoms. The summed E-state index contributed by atoms with van der Waals surface area (Å²) in [5.74, 6) is 0.137. The molecule has 0 atom stereocenters. The van der Waals surface area contributed by atoms with Crippen LogP contribution in [0.1, 0.15) is 55.5 Å². The highest BCUT2D eigenvalue weighted by atomic mass is 16.6. The minimum Gasteiger partial charge on any atom is -0.443 e. The van der Waals surface area contributed by atoms with Crippen LogP contribution in [-0.2, 0) is 4.74 Å². The number of hydrazine groups is 1. The van der Waals surface area contributed by atoms with Crippen LogP contribution in [0.25, 0.3) is 0 Å². The van der Waals surface area contributed by atoms with Crippen molar-refractivity contribution in [2.75, 3.05) is 7.05 Å². The fourth-order valence-electron chi connectivity index (χ4n) is 2.00. The predicted molar refractivity (Wildman–Crippen MR) is 77.7 cm³/mol. The number of aromatic nitrogens is 1. The third kappa shape index (κ3) is 4.18. The second-order valence-electron chi connectivity index (χ2n) is 6.22. The van der Waals surface area contributed by atoms with E-state index in [0.29, 0.717) is 11.5 Å². The summed E-state index contributed by atoms with van der Waals surface area (Å²) in [7, 11) is 1.50. The number of nitrogens with zero attached hydrogens (tertiary/aromatic N) is 2. The van der Waals surface area contributed by atoms with E-state index in [9.17, 15) is 9.59 Å². The maximum Gasteiger partial charge on any atom is 0.426 e. The molecule has 0 unspecified atom stereocenters. The first kappa shape index (κ1) is 15.3. The molecule has 1 N–H and O–H groups in total. The van der Waals surface area contributed by atoms with Gasteiger partial charge in [0.1, 0.15) is 5.60 Å². The first-order valence-corrected chi connectivity index (χ1v) is 6.99. The average molecular weight is 291 g/mol. The van der Waals surface area contributed by atoms with E-state index in [1.165, 1.54) is 7.05 Å². The summed E-state index contributed by atoms with van der Waals surface area (Å²) in [6.07, 6.45) is 4.76. The van der Waals surface area contributed by atoms with Crippen molar-refractivity contribution in [3.05, 3.63) is 29.6 Å². The van der Waals surface area contributed by atoms with Crippen LogP contribution in [0.3, 0.4) is 0 Å². The largest absolute Gasteiger partial charge is 0.443 e. The van der Waals surface area contributed by atoms with Gasteiger partial charge in [0.2, 0.25) is 0 Å². The molecule has 0 bridgehead atoms. The monoisotopic (exact) mass is 291 g/mol. The van der Waals surface area contributed by atoms with Crippen LogP contribution in [-0.4, -0.2) is 34.6 Å². The molecule has 1 heterocycles. The molecule has 6 heteroatoms. The number of hydrogen-bond acceptors (Lipinski definition) is 4. The van der Waals surface area contributed by atoms with Crippen LogP contribution in [0.5, 0.6) is 0 Å². The van der Waals surface area contributed by atoms with E-state index in [1.54, 1.807) is 33.2 Å². The molecule has 0 saturated heterocycles. The molecular weight excluding hydrogens is 270 g/mol. The fraction of sp³-hybridized carbons (Fsp3) is 0.533. The molecule has 6 nitrogen and oxygen atoms in total. The van der Waals surface area contributed by atoms with Gasteiger partial charge in [0.25, 0.3) is 5.91 Å². The van der Waals surface area contributed by atoms with Crippen molar-refractivity contribution < 1.29 is 14.3 Å². The van der Waals surface area contributed by atoms with Crippen molar-refractivity contribution >= 4 is 12.0 Å². The normalized spacial score (nSPS) is 14.5. The molecule has 2 rings (SSSR count). The molecule has 1 aliphatic rings. The number of pyridine rings is 1. The summed E-state index contributed by atoms with van der Waals surface area (Å²) in [6.45, 7) is 5.29. The Bertz CT molecular complexity index is 547. The summed E-state index contributed by atoms with van der Waals surface area (Å²) < 4.78 is 5.12. The van der Waals surface area contributed by atoms with E-state index >= 15 is 0 Å². The zero-order valence-electron chi connectivity index (χ0n) is 12.8. The zero-order chi connectivity index (χ0) is 15.6. The Morgan fingerprint density at radius 1 is 1.38 bits per heavy atom. The third-order valence-corrected chi connectivity index (χ3v) is 3.06. The summed E-state index contributed by atoms with van der Waals surface area (Å²) >= 11 is 0. The Morgan fingerprint density at radius 2 is 2.05 bits per heavy atom. The first-order valence-electron chi connectivity index (χ1n) is 6.99. The number of amides is 2. The number of nitrogens with one attached hydrogen (secondary N) is 1. The van der Waals surface area contributed by atoms with E-state index in [0.717, 1.165) is 23.4 Å². The van der Waals surface area contributed by atoms with Crippen LogP contribution < -0.4 is 5.43 Å². The van der Waals surface area contributed by atoms with Crippen LogP contribution in [0.2, 0.25) is 0 Å². The van der Waals surface area contributed by atoms with Crippen molar-refractivity contribution in [3.8, 4) is 0 Å². The van der Waals surface area contributed by atoms with Gasteiger partial charge in [0, 0.05) is 19.4 Å². The smallest absolute Gasteiger partial charge is 0.426 e. The molecule has 1 fully saturated rings. The van der Waals surface area contributed by atoms with E-state index in [4.69, 9.17) is 4.74 Å². The molecule has 0 aromatic carbocycles. The zero-order valence-corrected chi connectivity index (χ0v) is 12.8. The highest BCUT2D eigenvalue weighted by Gasteiger charge is 2.29. The maximum atomic E-state index is 12.4. The minimum absolute atomic E-state index is 0.296. The molecule has 21 heavy (non-hydrogen) atoms. The van der Waals surface area contributed by atoms with Gasteiger partial charge >= 0.3 is 6.09 Å². The quantitative estimate of drug-likeness (QED) is 0.850. The number of ether oxygens (including phenoxy) is 1. The lowest BCUT2D eigenvalue weighted by atomic mass is 10.1. The lowest BCUT2D eigenvalue weighted by Crippen LogP contribution is -2.45. The molecule has 2 amide bonds. The summed E-state index contributed by atoms with van der Waals surface area (Å²) in [6, 6.07) is 1.87. The molecule has 114 valence electrons. The highest BCUT2D eigenvalue weighted by molar-refractivity contribution is 5.96. The highest BCUT2D eigenvalue weighted by Crippen LogP contribution is 2.41. The molecule has 0 aliphatic heterocycles. The number of hydrogen-bond donors (Lipinski definition) is 1. The predicted octanol–water partition coefficient (Wildman–Crippen LogP) is 2.47. The van der Waals surface area contributed by atoms with Crippen molar-refractivity contribution in [2.24, 2.45) is 0 Å². The maximum absolute atomic E-state index is 12.4. The van der Waals surface area contributed by atoms with E-state index in [2.05, 4.69) is 10.4 Å². The molecule has 1 aromatic rings. The summed E-state index contributed by atoms with van der Waals surface area (Å²) in [5, 5.41) is 1.14. The van der Waals surface area contributed by atoms with Crippen molar-refractivity contribution in [1.29, 1.82) is 0 Å². The standard InChI is InChI=1S/C15H21N3O3/c1-15(2,3)21-14(20)17-18(4)13(19)12-9-16-8-7-11(12)10-5-6-10/h7-10H,5-6H2,1-4H3,(H,17,20). The van der Waals surface area contributed by atoms with Crippen molar-refractivity contribution in [2.45, 2.75) is 45.1 Å². The fourth-order valence-corrected chi connectivity index (χ4v) is 2.00. The van der Waals surface area contributed by atoms with E-state index in [-0.39, 0.29) is 5.91 Å². The van der Waals surface area contributed by atoms with Gasteiger partial charge in [-0.3, -0.25) is 14.8 Å². The average Bonchev–Trinajstić information content (AvgIpc) is 3.19. The lowest BCUT2D eigenvalue weighted by Gasteiger charge is -2.24. The van der Waals surface area contributed by atoms with Crippen molar-refractivity contribution in [1.82, 2.24) is 15.4 Å². The number of rotatable bonds is 2. The third-order valence-electron chi connectivity index (χ3n) is 3.06. The SMILES string of the molecule is CN(NC(=O)OC(C)(C)C)C(=O)c1cnccc1C1CC1. The van der Waals surface area contributed by atoms with Crippen LogP contribution in [0.15, 0.2) is 18.5 Å². The van der Waals surface area contributed by atoms with Gasteiger partial charge in [-0.2, -0.15) is 0 Å². The Labute approximate surface area is 124 Å². The van der Waals surface area contributed by atoms with Crippen LogP contribution in [0, 0.1) is 0 Å². The Kier molecular flexibility index (Phi) is 4.16. The molecule has 1 aliphatic carbocycles. The summed E-state index contributed by atoms with van der Waals surface area (Å²) in [5.41, 5.74) is 3.33. The molecular formula is C15H21N3O3. The van der Waals surface area contributed by atoms with Crippen LogP contribution in [0.4, 0.5) is 4.79 Å². The lowest BCUT2D eigenvalue weighted by molar-refractivity contribution is 0.0334. The van der Waals surface area contributed by atoms with Gasteiger partial charge in [0.15, 0.2) is 0 Å². The number of carbonyl (C=O) groups is 2. The van der Waals surface area contributed by atoms with Crippen LogP contribution >= 0.6 is 0 Å². The second-order valence-corrected chi connectivity index (χ2v) is 6.22. The van der Waals surface area contributed by atoms with Gasteiger partial charge in [-0.1, -0.05) is 0 Å². The molecule has 1 saturated carbocycles. The summed E-state index contributed by atoms with van der Waals surface area (Å²) in [4.78, 5) is 28.1. The van der Waals surface area contributed by atoms with E-state index < -0.39 is 11.7 Å². The number of carbonyl (C=O) groups excluding carboxylic acids is 2. The Hall–Kier alpha value is -2.11. The Morgan fingerprint density at radius 3 is 2.62 bits per heavy atom. The molecule has 0 radical (unpaired) electrons. The van der Waals surface area contributed by atoms with Gasteiger partial charge in [0.05, 0.1) is 5.56 Å². The van der Waals surface area contributed by atoms with Gasteiger partial charge in [-0.25, -0.2) is 10.2 Å².